The van der Waals surface area contributed by atoms with Crippen molar-refractivity contribution >= 4 is 29.3 Å². The molecule has 7 nitrogen and oxygen atoms in total. The summed E-state index contributed by atoms with van der Waals surface area (Å²) in [6, 6.07) is 3.47. The van der Waals surface area contributed by atoms with Crippen LogP contribution in [0.25, 0.3) is 5.57 Å². The first-order valence-electron chi connectivity index (χ1n) is 8.88. The van der Waals surface area contributed by atoms with E-state index in [4.69, 9.17) is 4.74 Å². The summed E-state index contributed by atoms with van der Waals surface area (Å²) in [6.45, 7) is 5.96. The van der Waals surface area contributed by atoms with Crippen LogP contribution in [0.15, 0.2) is 30.0 Å². The molecule has 1 aromatic carbocycles. The van der Waals surface area contributed by atoms with Gasteiger partial charge in [-0.15, -0.1) is 0 Å². The Balaban J connectivity index is 1.95. The van der Waals surface area contributed by atoms with Gasteiger partial charge in [-0.2, -0.15) is 0 Å². The molecule has 148 valence electrons. The number of halogens is 1. The van der Waals surface area contributed by atoms with Crippen molar-refractivity contribution in [3.05, 3.63) is 41.4 Å². The van der Waals surface area contributed by atoms with Crippen molar-refractivity contribution in [1.82, 2.24) is 4.90 Å². The molecule has 3 rings (SSSR count). The number of allylic oxidation sites excluding steroid dienone is 2. The number of ether oxygens (including phenoxy) is 1. The van der Waals surface area contributed by atoms with Crippen molar-refractivity contribution < 1.29 is 28.6 Å². The highest BCUT2D eigenvalue weighted by molar-refractivity contribution is 6.06. The third-order valence-corrected chi connectivity index (χ3v) is 4.56. The molecule has 28 heavy (non-hydrogen) atoms. The van der Waals surface area contributed by atoms with Crippen molar-refractivity contribution in [3.8, 4) is 0 Å². The fourth-order valence-electron chi connectivity index (χ4n) is 3.44. The van der Waals surface area contributed by atoms with Gasteiger partial charge in [-0.25, -0.2) is 18.8 Å². The van der Waals surface area contributed by atoms with E-state index in [0.717, 1.165) is 0 Å². The second-order valence-electron chi connectivity index (χ2n) is 7.75. The van der Waals surface area contributed by atoms with Crippen LogP contribution in [0.1, 0.15) is 32.8 Å². The van der Waals surface area contributed by atoms with Gasteiger partial charge in [0.1, 0.15) is 23.1 Å². The number of aliphatic carboxylic acids is 1. The molecule has 0 radical (unpaired) electrons. The number of anilines is 1. The van der Waals surface area contributed by atoms with E-state index in [1.807, 2.05) is 0 Å². The number of rotatable bonds is 2. The molecule has 0 bridgehead atoms. The minimum absolute atomic E-state index is 0.0230. The second kappa shape index (κ2) is 7.13. The minimum Gasteiger partial charge on any atom is -0.477 e. The van der Waals surface area contributed by atoms with Crippen molar-refractivity contribution in [1.29, 1.82) is 0 Å². The van der Waals surface area contributed by atoms with Crippen LogP contribution in [0.3, 0.4) is 0 Å². The molecule has 2 heterocycles. The van der Waals surface area contributed by atoms with Gasteiger partial charge < -0.3 is 19.6 Å². The van der Waals surface area contributed by atoms with Gasteiger partial charge >= 0.3 is 12.1 Å². The molecule has 1 N–H and O–H groups in total. The molecule has 1 saturated heterocycles. The Morgan fingerprint density at radius 3 is 2.64 bits per heavy atom. The fraction of sp³-hybridized carbons (Fsp3) is 0.400. The van der Waals surface area contributed by atoms with Crippen molar-refractivity contribution in [2.24, 2.45) is 0 Å². The van der Waals surface area contributed by atoms with Gasteiger partial charge in [0.2, 0.25) is 0 Å². The van der Waals surface area contributed by atoms with E-state index in [2.05, 4.69) is 0 Å². The number of nitrogens with zero attached hydrogens (tertiary/aromatic N) is 2. The second-order valence-corrected chi connectivity index (χ2v) is 7.75. The average molecular weight is 388 g/mol. The zero-order valence-electron chi connectivity index (χ0n) is 15.9. The molecule has 1 fully saturated rings. The number of carbonyl (C=O) groups is 2. The number of carboxylic acid groups (broad SMARTS) is 1. The summed E-state index contributed by atoms with van der Waals surface area (Å²) in [6.07, 6.45) is 1.22. The van der Waals surface area contributed by atoms with E-state index < -0.39 is 23.5 Å². The molecule has 0 saturated carbocycles. The number of likely N-dealkylation sites (tertiary alicyclic amines) is 1. The Bertz CT molecular complexity index is 912. The van der Waals surface area contributed by atoms with E-state index in [-0.39, 0.29) is 29.4 Å². The number of amides is 1. The Labute approximate surface area is 161 Å². The molecule has 0 aromatic heterocycles. The third kappa shape index (κ3) is 3.77. The van der Waals surface area contributed by atoms with Crippen molar-refractivity contribution in [2.75, 3.05) is 18.0 Å². The Hall–Kier alpha value is -3.12. The molecule has 1 amide bonds. The maximum absolute atomic E-state index is 13.7. The Kier molecular flexibility index (Phi) is 5.00. The van der Waals surface area contributed by atoms with Crippen LogP contribution in [0.2, 0.25) is 0 Å². The topological polar surface area (TPSA) is 87.2 Å². The van der Waals surface area contributed by atoms with Crippen LogP contribution < -0.4 is 4.90 Å². The van der Waals surface area contributed by atoms with Crippen LogP contribution in [0.4, 0.5) is 14.9 Å². The molecular weight excluding hydrogens is 367 g/mol. The number of hydrogen-bond acceptors (Lipinski definition) is 5. The summed E-state index contributed by atoms with van der Waals surface area (Å²) >= 11 is 0. The smallest absolute Gasteiger partial charge is 0.410 e. The molecule has 2 aliphatic rings. The molecule has 2 aliphatic heterocycles. The normalized spacial score (nSPS) is 19.1. The van der Waals surface area contributed by atoms with E-state index in [9.17, 15) is 23.9 Å². The van der Waals surface area contributed by atoms with Gasteiger partial charge in [0.15, 0.2) is 0 Å². The quantitative estimate of drug-likeness (QED) is 0.784. The lowest BCUT2D eigenvalue weighted by Crippen LogP contribution is -2.43. The van der Waals surface area contributed by atoms with Crippen LogP contribution in [-0.4, -0.2) is 52.7 Å². The number of benzene rings is 1. The third-order valence-electron chi connectivity index (χ3n) is 4.56. The number of fused-ring (bicyclic) bond motifs is 1. The fourth-order valence-corrected chi connectivity index (χ4v) is 3.44. The number of carbonyl (C=O) groups excluding carboxylic acids is 2. The standard InChI is InChI=1S/C20H21FN2O5/c1-20(2,3)28-19(27)22-7-6-14(10-22)23-16-5-4-13(21)9-15(16)12(11-24)8-17(23)18(25)26/h4-5,8-9,14H,6-7,10H2,1-3H3,(H,25,26)/t14-/m1/s1. The summed E-state index contributed by atoms with van der Waals surface area (Å²) < 4.78 is 19.1. The van der Waals surface area contributed by atoms with Crippen LogP contribution in [-0.2, 0) is 14.3 Å². The number of carboxylic acids is 1. The molecule has 8 heteroatoms. The molecule has 0 unspecified atom stereocenters. The highest BCUT2D eigenvalue weighted by Crippen LogP contribution is 2.38. The summed E-state index contributed by atoms with van der Waals surface area (Å²) in [5.41, 5.74) is -0.106. The molecule has 0 aliphatic carbocycles. The zero-order chi connectivity index (χ0) is 20.6. The van der Waals surface area contributed by atoms with Gasteiger partial charge in [0, 0.05) is 18.7 Å². The van der Waals surface area contributed by atoms with Gasteiger partial charge in [-0.05, 0) is 51.5 Å². The lowest BCUT2D eigenvalue weighted by atomic mass is 9.96. The minimum atomic E-state index is -1.22. The van der Waals surface area contributed by atoms with Crippen LogP contribution in [0, 0.1) is 5.82 Å². The first kappa shape index (κ1) is 19.6. The lowest BCUT2D eigenvalue weighted by Gasteiger charge is -2.35. The number of hydrogen-bond donors (Lipinski definition) is 1. The van der Waals surface area contributed by atoms with Gasteiger partial charge in [0.25, 0.3) is 0 Å². The lowest BCUT2D eigenvalue weighted by molar-refractivity contribution is -0.132. The average Bonchev–Trinajstić information content (AvgIpc) is 3.08. The van der Waals surface area contributed by atoms with Crippen LogP contribution in [0.5, 0.6) is 0 Å². The van der Waals surface area contributed by atoms with E-state index in [1.54, 1.807) is 31.6 Å². The zero-order valence-corrected chi connectivity index (χ0v) is 15.9. The molecule has 1 aromatic rings. The predicted octanol–water partition coefficient (Wildman–Crippen LogP) is 2.84. The highest BCUT2D eigenvalue weighted by atomic mass is 19.1. The maximum Gasteiger partial charge on any atom is 0.410 e. The van der Waals surface area contributed by atoms with E-state index in [1.165, 1.54) is 29.2 Å². The Morgan fingerprint density at radius 1 is 1.32 bits per heavy atom. The summed E-state index contributed by atoms with van der Waals surface area (Å²) in [7, 11) is 0. The first-order chi connectivity index (χ1) is 13.1. The molecule has 1 atom stereocenters. The van der Waals surface area contributed by atoms with Gasteiger partial charge in [0.05, 0.1) is 17.3 Å². The van der Waals surface area contributed by atoms with Gasteiger partial charge in [-0.3, -0.25) is 0 Å². The van der Waals surface area contributed by atoms with Crippen molar-refractivity contribution in [3.63, 3.8) is 0 Å². The summed E-state index contributed by atoms with van der Waals surface area (Å²) in [4.78, 5) is 38.5. The predicted molar refractivity (Wildman–Crippen MR) is 99.9 cm³/mol. The summed E-state index contributed by atoms with van der Waals surface area (Å²) in [5.74, 6) is -0.0798. The maximum atomic E-state index is 13.7. The largest absolute Gasteiger partial charge is 0.477 e. The first-order valence-corrected chi connectivity index (χ1v) is 8.88. The highest BCUT2D eigenvalue weighted by Gasteiger charge is 2.38. The van der Waals surface area contributed by atoms with Gasteiger partial charge in [-0.1, -0.05) is 0 Å². The SMILES string of the molecule is CC(C)(C)OC(=O)N1CC[C@@H](N2C(C(=O)O)=CC(=C=O)c3cc(F)ccc32)C1. The monoisotopic (exact) mass is 388 g/mol. The molecular formula is C20H21FN2O5. The molecule has 0 spiro atoms. The van der Waals surface area contributed by atoms with Crippen LogP contribution >= 0.6 is 0 Å². The summed E-state index contributed by atoms with van der Waals surface area (Å²) in [5, 5.41) is 9.66. The Morgan fingerprint density at radius 2 is 2.04 bits per heavy atom. The van der Waals surface area contributed by atoms with E-state index in [0.29, 0.717) is 18.7 Å². The van der Waals surface area contributed by atoms with Crippen molar-refractivity contribution in [2.45, 2.75) is 38.8 Å². The van der Waals surface area contributed by atoms with E-state index >= 15 is 0 Å².